The molecule has 1 rings (SSSR count). The highest BCUT2D eigenvalue weighted by Gasteiger charge is 1.85. The van der Waals surface area contributed by atoms with Gasteiger partial charge in [0.25, 0.3) is 0 Å². The first-order chi connectivity index (χ1) is 4.83. The van der Waals surface area contributed by atoms with Gasteiger partial charge in [-0.15, -0.1) is 0 Å². The molecule has 0 aromatic heterocycles. The molecule has 52 valence electrons. The van der Waals surface area contributed by atoms with Gasteiger partial charge in [0, 0.05) is 6.21 Å². The van der Waals surface area contributed by atoms with Crippen molar-refractivity contribution in [2.24, 2.45) is 4.99 Å². The van der Waals surface area contributed by atoms with E-state index in [1.54, 1.807) is 6.21 Å². The van der Waals surface area contributed by atoms with Crippen LogP contribution in [0.1, 0.15) is 12.5 Å². The third-order valence-corrected chi connectivity index (χ3v) is 1.28. The highest BCUT2D eigenvalue weighted by Crippen LogP contribution is 2.11. The number of aryl methyl sites for hydroxylation is 1. The van der Waals surface area contributed by atoms with Crippen molar-refractivity contribution in [1.29, 1.82) is 0 Å². The lowest BCUT2D eigenvalue weighted by Crippen LogP contribution is -1.69. The summed E-state index contributed by atoms with van der Waals surface area (Å²) in [6, 6.07) is 8.12. The summed E-state index contributed by atoms with van der Waals surface area (Å²) in [7, 11) is 0. The van der Waals surface area contributed by atoms with Crippen LogP contribution in [-0.2, 0) is 0 Å². The zero-order chi connectivity index (χ0) is 7.40. The summed E-state index contributed by atoms with van der Waals surface area (Å²) in [5, 5.41) is 0. The average Bonchev–Trinajstić information content (AvgIpc) is 1.88. The van der Waals surface area contributed by atoms with Gasteiger partial charge in [-0.05, 0) is 31.5 Å². The SMILES string of the molecule is CC=Nc1cccc(C)c1. The van der Waals surface area contributed by atoms with Crippen molar-refractivity contribution in [3.05, 3.63) is 29.8 Å². The number of hydrogen-bond donors (Lipinski definition) is 0. The summed E-state index contributed by atoms with van der Waals surface area (Å²) in [5.41, 5.74) is 2.28. The molecule has 1 aromatic rings. The van der Waals surface area contributed by atoms with E-state index in [1.165, 1.54) is 5.56 Å². The maximum atomic E-state index is 4.14. The van der Waals surface area contributed by atoms with Crippen LogP contribution in [0.15, 0.2) is 29.3 Å². The maximum absolute atomic E-state index is 4.14. The Balaban J connectivity index is 2.95. The van der Waals surface area contributed by atoms with Gasteiger partial charge in [-0.2, -0.15) is 0 Å². The van der Waals surface area contributed by atoms with E-state index < -0.39 is 0 Å². The van der Waals surface area contributed by atoms with E-state index in [0.29, 0.717) is 0 Å². The predicted molar refractivity (Wildman–Crippen MR) is 45.0 cm³/mol. The highest BCUT2D eigenvalue weighted by molar-refractivity contribution is 5.60. The molecule has 0 unspecified atom stereocenters. The van der Waals surface area contributed by atoms with Gasteiger partial charge in [0.2, 0.25) is 0 Å². The molecule has 0 bridgehead atoms. The van der Waals surface area contributed by atoms with E-state index in [0.717, 1.165) is 5.69 Å². The zero-order valence-corrected chi connectivity index (χ0v) is 6.33. The molecule has 0 saturated heterocycles. The van der Waals surface area contributed by atoms with Gasteiger partial charge in [-0.25, -0.2) is 0 Å². The van der Waals surface area contributed by atoms with Gasteiger partial charge in [0.1, 0.15) is 0 Å². The van der Waals surface area contributed by atoms with Gasteiger partial charge in [0.05, 0.1) is 5.69 Å². The number of rotatable bonds is 1. The largest absolute Gasteiger partial charge is 0.262 e. The third kappa shape index (κ3) is 1.69. The second-order valence-electron chi connectivity index (χ2n) is 2.23. The molecule has 1 nitrogen and oxygen atoms in total. The van der Waals surface area contributed by atoms with Crippen molar-refractivity contribution in [3.63, 3.8) is 0 Å². The summed E-state index contributed by atoms with van der Waals surface area (Å²) in [5.74, 6) is 0. The predicted octanol–water partition coefficient (Wildman–Crippen LogP) is 2.72. The van der Waals surface area contributed by atoms with Gasteiger partial charge in [-0.1, -0.05) is 12.1 Å². The van der Waals surface area contributed by atoms with E-state index in [-0.39, 0.29) is 0 Å². The monoisotopic (exact) mass is 133 g/mol. The second kappa shape index (κ2) is 3.16. The zero-order valence-electron chi connectivity index (χ0n) is 6.33. The molecule has 0 aliphatic heterocycles. The lowest BCUT2D eigenvalue weighted by molar-refractivity contribution is 1.43. The third-order valence-electron chi connectivity index (χ3n) is 1.28. The quantitative estimate of drug-likeness (QED) is 0.522. The topological polar surface area (TPSA) is 12.4 Å². The summed E-state index contributed by atoms with van der Waals surface area (Å²) in [4.78, 5) is 4.14. The minimum Gasteiger partial charge on any atom is -0.262 e. The van der Waals surface area contributed by atoms with Gasteiger partial charge >= 0.3 is 0 Å². The van der Waals surface area contributed by atoms with E-state index in [4.69, 9.17) is 0 Å². The van der Waals surface area contributed by atoms with Crippen molar-refractivity contribution in [2.45, 2.75) is 13.8 Å². The Morgan fingerprint density at radius 3 is 2.80 bits per heavy atom. The Labute approximate surface area is 61.4 Å². The minimum absolute atomic E-state index is 1.03. The molecule has 0 saturated carbocycles. The summed E-state index contributed by atoms with van der Waals surface area (Å²) >= 11 is 0. The minimum atomic E-state index is 1.03. The molecule has 0 radical (unpaired) electrons. The van der Waals surface area contributed by atoms with Crippen molar-refractivity contribution in [1.82, 2.24) is 0 Å². The Bertz CT molecular complexity index is 238. The van der Waals surface area contributed by atoms with Crippen LogP contribution in [0.25, 0.3) is 0 Å². The van der Waals surface area contributed by atoms with Crippen LogP contribution >= 0.6 is 0 Å². The Morgan fingerprint density at radius 2 is 2.20 bits per heavy atom. The first kappa shape index (κ1) is 7.00. The fourth-order valence-electron chi connectivity index (χ4n) is 0.857. The number of nitrogens with zero attached hydrogens (tertiary/aromatic N) is 1. The van der Waals surface area contributed by atoms with E-state index >= 15 is 0 Å². The maximum Gasteiger partial charge on any atom is 0.0628 e. The molecule has 0 spiro atoms. The summed E-state index contributed by atoms with van der Waals surface area (Å²) in [6.07, 6.45) is 1.80. The van der Waals surface area contributed by atoms with Crippen molar-refractivity contribution >= 4 is 11.9 Å². The average molecular weight is 133 g/mol. The lowest BCUT2D eigenvalue weighted by atomic mass is 10.2. The highest BCUT2D eigenvalue weighted by atomic mass is 14.7. The summed E-state index contributed by atoms with van der Waals surface area (Å²) < 4.78 is 0. The van der Waals surface area contributed by atoms with Gasteiger partial charge in [-0.3, -0.25) is 4.99 Å². The van der Waals surface area contributed by atoms with Crippen LogP contribution < -0.4 is 0 Å². The van der Waals surface area contributed by atoms with Crippen LogP contribution in [0.5, 0.6) is 0 Å². The molecule has 0 amide bonds. The molecular formula is C9H11N. The molecule has 0 heterocycles. The van der Waals surface area contributed by atoms with Crippen LogP contribution in [0, 0.1) is 6.92 Å². The van der Waals surface area contributed by atoms with Crippen molar-refractivity contribution in [3.8, 4) is 0 Å². The van der Waals surface area contributed by atoms with Gasteiger partial charge in [0.15, 0.2) is 0 Å². The molecule has 0 aliphatic carbocycles. The van der Waals surface area contributed by atoms with Crippen LogP contribution in [0.2, 0.25) is 0 Å². The van der Waals surface area contributed by atoms with Crippen LogP contribution in [0.3, 0.4) is 0 Å². The van der Waals surface area contributed by atoms with E-state index in [1.807, 2.05) is 19.1 Å². The van der Waals surface area contributed by atoms with E-state index in [2.05, 4.69) is 24.0 Å². The summed E-state index contributed by atoms with van der Waals surface area (Å²) in [6.45, 7) is 3.98. The Morgan fingerprint density at radius 1 is 1.40 bits per heavy atom. The molecule has 0 fully saturated rings. The first-order valence-corrected chi connectivity index (χ1v) is 3.38. The Kier molecular flexibility index (Phi) is 2.21. The van der Waals surface area contributed by atoms with Crippen LogP contribution in [0.4, 0.5) is 5.69 Å². The molecule has 0 atom stereocenters. The molecule has 1 heteroatoms. The molecule has 10 heavy (non-hydrogen) atoms. The Hall–Kier alpha value is -1.11. The molecular weight excluding hydrogens is 122 g/mol. The standard InChI is InChI=1S/C9H11N/c1-3-10-9-6-4-5-8(2)7-9/h3-7H,1-2H3. The fraction of sp³-hybridized carbons (Fsp3) is 0.222. The first-order valence-electron chi connectivity index (χ1n) is 3.38. The van der Waals surface area contributed by atoms with E-state index in [9.17, 15) is 0 Å². The van der Waals surface area contributed by atoms with Crippen molar-refractivity contribution in [2.75, 3.05) is 0 Å². The lowest BCUT2D eigenvalue weighted by Gasteiger charge is -1.92. The molecule has 1 aromatic carbocycles. The second-order valence-corrected chi connectivity index (χ2v) is 2.23. The molecule has 0 N–H and O–H groups in total. The number of hydrogen-bond acceptors (Lipinski definition) is 1. The number of aliphatic imine (C=N–C) groups is 1. The smallest absolute Gasteiger partial charge is 0.0628 e. The normalized spacial score (nSPS) is 10.6. The van der Waals surface area contributed by atoms with Crippen molar-refractivity contribution < 1.29 is 0 Å². The fourth-order valence-corrected chi connectivity index (χ4v) is 0.857. The number of benzene rings is 1. The van der Waals surface area contributed by atoms with Crippen LogP contribution in [-0.4, -0.2) is 6.21 Å². The van der Waals surface area contributed by atoms with Gasteiger partial charge < -0.3 is 0 Å². The molecule has 0 aliphatic rings.